The van der Waals surface area contributed by atoms with Crippen molar-refractivity contribution in [1.82, 2.24) is 25.2 Å². The summed E-state index contributed by atoms with van der Waals surface area (Å²) in [5, 5.41) is 9.90. The van der Waals surface area contributed by atoms with E-state index in [2.05, 4.69) is 43.0 Å². The highest BCUT2D eigenvalue weighted by molar-refractivity contribution is 6.41. The third-order valence-corrected chi connectivity index (χ3v) is 8.48. The lowest BCUT2D eigenvalue weighted by atomic mass is 9.94. The quantitative estimate of drug-likeness (QED) is 0.129. The number of anilines is 4. The molecule has 3 aromatic heterocycles. The van der Waals surface area contributed by atoms with Gasteiger partial charge in [0.1, 0.15) is 16.5 Å². The SMILES string of the molecule is O=C(C(=O)C(F)(F)F)C(F)(F)F.O=C(NCc1ccco1)N1CCC(CCOc2ccc3cc2CCc2cncc(c2)Nc2ncc(Cl)c(n2)N3)CC1. The maximum Gasteiger partial charge on any atom is 0.458 e. The number of carbonyl (C=O) groups is 3. The molecule has 6 rings (SSSR count). The summed E-state index contributed by atoms with van der Waals surface area (Å²) in [5.41, 5.74) is 3.90. The van der Waals surface area contributed by atoms with Crippen LogP contribution in [0.2, 0.25) is 5.02 Å². The fourth-order valence-electron chi connectivity index (χ4n) is 5.45. The molecule has 12 nitrogen and oxygen atoms in total. The van der Waals surface area contributed by atoms with Crippen LogP contribution >= 0.6 is 11.6 Å². The first-order chi connectivity index (χ1) is 25.2. The summed E-state index contributed by atoms with van der Waals surface area (Å²) in [7, 11) is 0. The molecule has 0 aliphatic carbocycles. The molecule has 0 saturated carbocycles. The number of urea groups is 1. The van der Waals surface area contributed by atoms with Crippen molar-refractivity contribution < 1.29 is 49.9 Å². The van der Waals surface area contributed by atoms with Crippen LogP contribution in [-0.2, 0) is 29.0 Å². The lowest BCUT2D eigenvalue weighted by molar-refractivity contribution is -0.193. The van der Waals surface area contributed by atoms with Gasteiger partial charge >= 0.3 is 30.0 Å². The van der Waals surface area contributed by atoms with Gasteiger partial charge in [0.15, 0.2) is 5.82 Å². The number of benzene rings is 1. The zero-order valence-electron chi connectivity index (χ0n) is 27.7. The minimum absolute atomic E-state index is 0.0409. The van der Waals surface area contributed by atoms with E-state index in [1.165, 1.54) is 0 Å². The number of pyridine rings is 1. The van der Waals surface area contributed by atoms with Crippen LogP contribution in [0.25, 0.3) is 0 Å². The van der Waals surface area contributed by atoms with E-state index in [9.17, 15) is 40.7 Å². The molecule has 0 atom stereocenters. The van der Waals surface area contributed by atoms with Crippen LogP contribution in [-0.4, -0.2) is 69.5 Å². The number of aromatic nitrogens is 3. The number of amides is 2. The number of nitrogens with zero attached hydrogens (tertiary/aromatic N) is 4. The highest BCUT2D eigenvalue weighted by Crippen LogP contribution is 2.31. The van der Waals surface area contributed by atoms with Crippen LogP contribution in [0.4, 0.5) is 54.3 Å². The van der Waals surface area contributed by atoms with Gasteiger partial charge in [0.2, 0.25) is 5.95 Å². The number of Topliss-reactive ketones (excluding diaryl/α,β-unsaturated/α-hetero) is 2. The Kier molecular flexibility index (Phi) is 12.4. The molecule has 2 amide bonds. The fraction of sp³-hybridized carbons (Fsp3) is 0.353. The van der Waals surface area contributed by atoms with E-state index in [1.807, 2.05) is 35.4 Å². The molecule has 1 saturated heterocycles. The molecular formula is C34H32ClF6N7O5. The number of fused-ring (bicyclic) bond motifs is 6. The van der Waals surface area contributed by atoms with E-state index in [1.54, 1.807) is 18.7 Å². The van der Waals surface area contributed by atoms with E-state index in [0.717, 1.165) is 79.2 Å². The van der Waals surface area contributed by atoms with Crippen molar-refractivity contribution in [2.24, 2.45) is 5.92 Å². The number of aryl methyl sites for hydroxylation is 2. The summed E-state index contributed by atoms with van der Waals surface area (Å²) in [6, 6.07) is 11.8. The minimum Gasteiger partial charge on any atom is -0.493 e. The highest BCUT2D eigenvalue weighted by Gasteiger charge is 2.54. The second kappa shape index (κ2) is 17.0. The van der Waals surface area contributed by atoms with Crippen molar-refractivity contribution in [1.29, 1.82) is 0 Å². The topological polar surface area (TPSA) is 152 Å². The molecule has 4 aromatic rings. The van der Waals surface area contributed by atoms with E-state index in [0.29, 0.717) is 35.9 Å². The van der Waals surface area contributed by atoms with Crippen molar-refractivity contribution in [2.45, 2.75) is 51.0 Å². The van der Waals surface area contributed by atoms with Crippen LogP contribution in [0.15, 0.2) is 65.7 Å². The van der Waals surface area contributed by atoms with E-state index >= 15 is 0 Å². The van der Waals surface area contributed by atoms with E-state index in [-0.39, 0.29) is 6.03 Å². The molecule has 1 fully saturated rings. The Hall–Kier alpha value is -5.39. The van der Waals surface area contributed by atoms with Gasteiger partial charge < -0.3 is 30.0 Å². The van der Waals surface area contributed by atoms with Crippen molar-refractivity contribution in [3.05, 3.63) is 83.2 Å². The molecule has 282 valence electrons. The number of likely N-dealkylation sites (tertiary alicyclic amines) is 1. The van der Waals surface area contributed by atoms with Gasteiger partial charge in [-0.05, 0) is 85.5 Å². The number of hydrogen-bond donors (Lipinski definition) is 3. The number of alkyl halides is 6. The molecule has 2 aliphatic heterocycles. The maximum absolute atomic E-state index is 12.5. The lowest BCUT2D eigenvalue weighted by Gasteiger charge is -2.32. The Morgan fingerprint density at radius 3 is 2.36 bits per heavy atom. The van der Waals surface area contributed by atoms with Crippen LogP contribution in [0.3, 0.4) is 0 Å². The number of furan rings is 1. The third kappa shape index (κ3) is 11.1. The molecule has 6 bridgehead atoms. The maximum atomic E-state index is 12.5. The Bertz CT molecular complexity index is 1880. The van der Waals surface area contributed by atoms with Crippen LogP contribution in [0.1, 0.15) is 36.1 Å². The van der Waals surface area contributed by atoms with Crippen LogP contribution < -0.4 is 20.7 Å². The van der Waals surface area contributed by atoms with E-state index < -0.39 is 23.9 Å². The van der Waals surface area contributed by atoms with Gasteiger partial charge in [-0.2, -0.15) is 31.3 Å². The zero-order valence-corrected chi connectivity index (χ0v) is 28.4. The minimum atomic E-state index is -5.77. The molecule has 2 aliphatic rings. The number of piperidine rings is 1. The number of carbonyl (C=O) groups excluding carboxylic acids is 3. The Balaban J connectivity index is 0.000000390. The third-order valence-electron chi connectivity index (χ3n) is 8.20. The normalized spacial score (nSPS) is 14.5. The highest BCUT2D eigenvalue weighted by atomic mass is 35.5. The van der Waals surface area contributed by atoms with Crippen molar-refractivity contribution in [3.63, 3.8) is 0 Å². The average molecular weight is 768 g/mol. The van der Waals surface area contributed by atoms with Crippen molar-refractivity contribution in [3.8, 4) is 5.75 Å². The zero-order chi connectivity index (χ0) is 38.2. The van der Waals surface area contributed by atoms with Gasteiger partial charge in [0, 0.05) is 25.0 Å². The van der Waals surface area contributed by atoms with Crippen LogP contribution in [0.5, 0.6) is 5.75 Å². The monoisotopic (exact) mass is 767 g/mol. The summed E-state index contributed by atoms with van der Waals surface area (Å²) in [6.07, 6.45) is -0.255. The standard InChI is InChI=1S/C30H32ClN7O3.C4F6O2/c31-26-19-33-29-36-24-14-21(16-32-17-24)3-4-22-15-23(35-28(26)37-29)5-6-27(22)41-13-9-20-7-10-38(11-8-20)30(39)34-18-25-2-1-12-40-25;5-3(6,7)1(11)2(12)4(8,9)10/h1-2,5-6,12,14-17,19-20H,3-4,7-11,13,18H2,(H,34,39)(H2,33,35,36,37);. The summed E-state index contributed by atoms with van der Waals surface area (Å²) in [6.45, 7) is 2.52. The van der Waals surface area contributed by atoms with Gasteiger partial charge in [0.25, 0.3) is 0 Å². The van der Waals surface area contributed by atoms with Crippen LogP contribution in [0, 0.1) is 5.92 Å². The predicted molar refractivity (Wildman–Crippen MR) is 179 cm³/mol. The Labute approximate surface area is 303 Å². The summed E-state index contributed by atoms with van der Waals surface area (Å²) < 4.78 is 78.6. The van der Waals surface area contributed by atoms with E-state index in [4.69, 9.17) is 20.8 Å². The number of halogens is 7. The predicted octanol–water partition coefficient (Wildman–Crippen LogP) is 7.34. The first kappa shape index (κ1) is 38.8. The number of rotatable bonds is 7. The second-order valence-corrected chi connectivity index (χ2v) is 12.4. The number of nitrogens with one attached hydrogen (secondary N) is 3. The van der Waals surface area contributed by atoms with Gasteiger partial charge in [-0.3, -0.25) is 14.6 Å². The lowest BCUT2D eigenvalue weighted by Crippen LogP contribution is -2.44. The van der Waals surface area contributed by atoms with Crippen molar-refractivity contribution in [2.75, 3.05) is 30.3 Å². The van der Waals surface area contributed by atoms with Gasteiger partial charge in [0.05, 0.1) is 37.5 Å². The Morgan fingerprint density at radius 1 is 0.943 bits per heavy atom. The largest absolute Gasteiger partial charge is 0.493 e. The first-order valence-electron chi connectivity index (χ1n) is 16.2. The Morgan fingerprint density at radius 2 is 1.68 bits per heavy atom. The smallest absolute Gasteiger partial charge is 0.458 e. The molecule has 3 N–H and O–H groups in total. The van der Waals surface area contributed by atoms with Crippen molar-refractivity contribution >= 4 is 52.3 Å². The number of hydrogen-bond acceptors (Lipinski definition) is 10. The molecule has 53 heavy (non-hydrogen) atoms. The van der Waals surface area contributed by atoms with Gasteiger partial charge in [-0.25, -0.2) is 9.78 Å². The summed E-state index contributed by atoms with van der Waals surface area (Å²) in [4.78, 5) is 46.8. The molecule has 5 heterocycles. The van der Waals surface area contributed by atoms with Gasteiger partial charge in [-0.15, -0.1) is 0 Å². The molecule has 0 spiro atoms. The molecular weight excluding hydrogens is 736 g/mol. The second-order valence-electron chi connectivity index (χ2n) is 12.0. The summed E-state index contributed by atoms with van der Waals surface area (Å²) in [5.74, 6) is -3.71. The summed E-state index contributed by atoms with van der Waals surface area (Å²) >= 11 is 6.39. The average Bonchev–Trinajstić information content (AvgIpc) is 3.65. The molecule has 1 aromatic carbocycles. The number of ketones is 2. The van der Waals surface area contributed by atoms with Gasteiger partial charge in [-0.1, -0.05) is 11.6 Å². The molecule has 0 radical (unpaired) electrons. The first-order valence-corrected chi connectivity index (χ1v) is 16.6. The molecule has 0 unspecified atom stereocenters. The number of ether oxygens (including phenoxy) is 1. The fourth-order valence-corrected chi connectivity index (χ4v) is 5.59. The molecule has 19 heteroatoms.